The Hall–Kier alpha value is -4.23. The van der Waals surface area contributed by atoms with E-state index in [9.17, 15) is 18.8 Å². The number of fused-ring (bicyclic) bond motifs is 1. The maximum absolute atomic E-state index is 14.4. The lowest BCUT2D eigenvalue weighted by molar-refractivity contribution is -0.122. The molecule has 2 heterocycles. The van der Waals surface area contributed by atoms with Gasteiger partial charge in [0.15, 0.2) is 0 Å². The molecule has 0 saturated carbocycles. The maximum atomic E-state index is 14.4. The minimum absolute atomic E-state index is 0.184. The van der Waals surface area contributed by atoms with Gasteiger partial charge in [-0.15, -0.1) is 0 Å². The van der Waals surface area contributed by atoms with Crippen molar-refractivity contribution >= 4 is 52.1 Å². The molecule has 174 valence electrons. The number of nitrogens with one attached hydrogen (secondary N) is 1. The van der Waals surface area contributed by atoms with Crippen LogP contribution >= 0.6 is 11.6 Å². The van der Waals surface area contributed by atoms with E-state index >= 15 is 0 Å². The summed E-state index contributed by atoms with van der Waals surface area (Å²) in [6, 6.07) is 19.4. The molecule has 0 aliphatic carbocycles. The van der Waals surface area contributed by atoms with E-state index in [2.05, 4.69) is 5.32 Å². The average molecular weight is 488 g/mol. The molecule has 5 rings (SSSR count). The lowest BCUT2D eigenvalue weighted by atomic mass is 10.0. The predicted molar refractivity (Wildman–Crippen MR) is 133 cm³/mol. The van der Waals surface area contributed by atoms with Gasteiger partial charge in [-0.25, -0.2) is 14.1 Å². The predicted octanol–water partition coefficient (Wildman–Crippen LogP) is 5.46. The number of halogens is 2. The number of carbonyl (C=O) groups excluding carboxylic acids is 3. The number of rotatable bonds is 4. The van der Waals surface area contributed by atoms with Crippen LogP contribution in [0.15, 0.2) is 78.4 Å². The third-order valence-electron chi connectivity index (χ3n) is 6.04. The van der Waals surface area contributed by atoms with Crippen LogP contribution < -0.4 is 10.2 Å². The van der Waals surface area contributed by atoms with E-state index in [1.54, 1.807) is 30.3 Å². The fourth-order valence-electron chi connectivity index (χ4n) is 4.27. The number of nitrogens with zero attached hydrogens (tertiary/aromatic N) is 2. The van der Waals surface area contributed by atoms with Crippen LogP contribution in [-0.2, 0) is 16.1 Å². The van der Waals surface area contributed by atoms with Gasteiger partial charge < -0.3 is 4.57 Å². The van der Waals surface area contributed by atoms with Gasteiger partial charge in [0.2, 0.25) is 0 Å². The number of para-hydroxylation sites is 1. The number of imide groups is 2. The third kappa shape index (κ3) is 4.00. The lowest BCUT2D eigenvalue weighted by Gasteiger charge is -2.26. The standard InChI is InChI=1S/C27H19ClFN3O3/c1-16-21(20-7-3-5-9-24(20)31(16)15-17-6-2-4-8-23(17)29)14-22-25(33)30-27(35)32(26(22)34)19-12-10-18(28)11-13-19/h2-14H,15H2,1H3,(H,30,33,35)/b22-14+. The zero-order chi connectivity index (χ0) is 24.7. The summed E-state index contributed by atoms with van der Waals surface area (Å²) in [6.07, 6.45) is 1.49. The van der Waals surface area contributed by atoms with Crippen LogP contribution in [0.25, 0.3) is 17.0 Å². The van der Waals surface area contributed by atoms with Crippen molar-refractivity contribution in [2.75, 3.05) is 4.90 Å². The molecule has 1 aromatic heterocycles. The summed E-state index contributed by atoms with van der Waals surface area (Å²) in [5.74, 6) is -1.84. The van der Waals surface area contributed by atoms with Crippen LogP contribution in [0.4, 0.5) is 14.9 Å². The third-order valence-corrected chi connectivity index (χ3v) is 6.29. The Bertz CT molecular complexity index is 1540. The van der Waals surface area contributed by atoms with Gasteiger partial charge in [0.1, 0.15) is 11.4 Å². The van der Waals surface area contributed by atoms with Crippen molar-refractivity contribution in [2.24, 2.45) is 0 Å². The van der Waals surface area contributed by atoms with Gasteiger partial charge in [0.25, 0.3) is 11.8 Å². The molecular formula is C27H19ClFN3O3. The molecule has 1 fully saturated rings. The zero-order valence-electron chi connectivity index (χ0n) is 18.6. The second-order valence-corrected chi connectivity index (χ2v) is 8.56. The lowest BCUT2D eigenvalue weighted by Crippen LogP contribution is -2.54. The number of urea groups is 1. The van der Waals surface area contributed by atoms with Crippen LogP contribution in [-0.4, -0.2) is 22.4 Å². The fourth-order valence-corrected chi connectivity index (χ4v) is 4.39. The molecule has 8 heteroatoms. The molecule has 6 nitrogen and oxygen atoms in total. The van der Waals surface area contributed by atoms with Gasteiger partial charge in [0, 0.05) is 32.7 Å². The smallest absolute Gasteiger partial charge is 0.335 e. The van der Waals surface area contributed by atoms with Crippen LogP contribution in [0, 0.1) is 12.7 Å². The van der Waals surface area contributed by atoms with Crippen molar-refractivity contribution < 1.29 is 18.8 Å². The molecule has 1 saturated heterocycles. The van der Waals surface area contributed by atoms with Crippen molar-refractivity contribution in [2.45, 2.75) is 13.5 Å². The van der Waals surface area contributed by atoms with E-state index < -0.39 is 17.8 Å². The molecule has 4 aromatic rings. The number of barbiturate groups is 1. The molecule has 4 amide bonds. The maximum Gasteiger partial charge on any atom is 0.335 e. The van der Waals surface area contributed by atoms with Crippen LogP contribution in [0.1, 0.15) is 16.8 Å². The van der Waals surface area contributed by atoms with Gasteiger partial charge in [-0.1, -0.05) is 48.0 Å². The Morgan fingerprint density at radius 2 is 1.63 bits per heavy atom. The first-order chi connectivity index (χ1) is 16.8. The van der Waals surface area contributed by atoms with Crippen molar-refractivity contribution in [1.82, 2.24) is 9.88 Å². The summed E-state index contributed by atoms with van der Waals surface area (Å²) < 4.78 is 16.3. The quantitative estimate of drug-likeness (QED) is 0.307. The number of anilines is 1. The molecule has 0 unspecified atom stereocenters. The molecule has 35 heavy (non-hydrogen) atoms. The summed E-state index contributed by atoms with van der Waals surface area (Å²) in [6.45, 7) is 2.12. The van der Waals surface area contributed by atoms with E-state index in [0.717, 1.165) is 21.5 Å². The van der Waals surface area contributed by atoms with Crippen molar-refractivity contribution in [3.05, 3.63) is 106 Å². The van der Waals surface area contributed by atoms with E-state index in [4.69, 9.17) is 11.6 Å². The van der Waals surface area contributed by atoms with Gasteiger partial charge >= 0.3 is 6.03 Å². The van der Waals surface area contributed by atoms with Crippen molar-refractivity contribution in [3.63, 3.8) is 0 Å². The zero-order valence-corrected chi connectivity index (χ0v) is 19.3. The van der Waals surface area contributed by atoms with Gasteiger partial charge in [-0.3, -0.25) is 14.9 Å². The molecule has 0 spiro atoms. The summed E-state index contributed by atoms with van der Waals surface area (Å²) in [5.41, 5.74) is 2.83. The highest BCUT2D eigenvalue weighted by Gasteiger charge is 2.37. The van der Waals surface area contributed by atoms with Crippen molar-refractivity contribution in [1.29, 1.82) is 0 Å². The Morgan fingerprint density at radius 1 is 0.943 bits per heavy atom. The second kappa shape index (κ2) is 8.85. The first-order valence-electron chi connectivity index (χ1n) is 10.8. The monoisotopic (exact) mass is 487 g/mol. The fraction of sp³-hybridized carbons (Fsp3) is 0.0741. The number of benzene rings is 3. The minimum Gasteiger partial charge on any atom is -0.340 e. The Kier molecular flexibility index (Phi) is 5.70. The summed E-state index contributed by atoms with van der Waals surface area (Å²) in [4.78, 5) is 39.4. The van der Waals surface area contributed by atoms with Crippen molar-refractivity contribution in [3.8, 4) is 0 Å². The number of carbonyl (C=O) groups is 3. The number of aromatic nitrogens is 1. The van der Waals surface area contributed by atoms with Gasteiger partial charge in [0.05, 0.1) is 12.2 Å². The molecular weight excluding hydrogens is 469 g/mol. The van der Waals surface area contributed by atoms with E-state index in [0.29, 0.717) is 16.1 Å². The van der Waals surface area contributed by atoms with Crippen LogP contribution in [0.5, 0.6) is 0 Å². The SMILES string of the molecule is Cc1c(/C=C2\C(=O)NC(=O)N(c3ccc(Cl)cc3)C2=O)c2ccccc2n1Cc1ccccc1F. The molecule has 0 radical (unpaired) electrons. The van der Waals surface area contributed by atoms with Gasteiger partial charge in [-0.2, -0.15) is 0 Å². The van der Waals surface area contributed by atoms with Crippen LogP contribution in [0.3, 0.4) is 0 Å². The highest BCUT2D eigenvalue weighted by Crippen LogP contribution is 2.31. The van der Waals surface area contributed by atoms with Gasteiger partial charge in [-0.05, 0) is 49.4 Å². The molecule has 1 aliphatic heterocycles. The number of amides is 4. The Morgan fingerprint density at radius 3 is 2.37 bits per heavy atom. The molecule has 0 bridgehead atoms. The largest absolute Gasteiger partial charge is 0.340 e. The highest BCUT2D eigenvalue weighted by molar-refractivity contribution is 6.39. The molecule has 0 atom stereocenters. The first kappa shape index (κ1) is 22.6. The van der Waals surface area contributed by atoms with Crippen LogP contribution in [0.2, 0.25) is 5.02 Å². The Labute approximate surface area is 205 Å². The summed E-state index contributed by atoms with van der Waals surface area (Å²) in [5, 5.41) is 3.48. The normalized spacial score (nSPS) is 15.2. The minimum atomic E-state index is -0.835. The Balaban J connectivity index is 1.62. The molecule has 3 aromatic carbocycles. The molecule has 1 aliphatic rings. The van der Waals surface area contributed by atoms with E-state index in [-0.39, 0.29) is 23.6 Å². The number of hydrogen-bond donors (Lipinski definition) is 1. The van der Waals surface area contributed by atoms with E-state index in [1.165, 1.54) is 24.3 Å². The average Bonchev–Trinajstić information content (AvgIpc) is 3.10. The van der Waals surface area contributed by atoms with E-state index in [1.807, 2.05) is 35.8 Å². The summed E-state index contributed by atoms with van der Waals surface area (Å²) >= 11 is 5.93. The topological polar surface area (TPSA) is 71.4 Å². The highest BCUT2D eigenvalue weighted by atomic mass is 35.5. The first-order valence-corrected chi connectivity index (χ1v) is 11.2. The number of hydrogen-bond acceptors (Lipinski definition) is 3. The second-order valence-electron chi connectivity index (χ2n) is 8.13. The summed E-state index contributed by atoms with van der Waals surface area (Å²) in [7, 11) is 0. The molecule has 1 N–H and O–H groups in total.